The molecule has 0 bridgehead atoms. The van der Waals surface area contributed by atoms with Crippen molar-refractivity contribution in [3.05, 3.63) is 12.3 Å². The van der Waals surface area contributed by atoms with E-state index in [1.807, 2.05) is 0 Å². The van der Waals surface area contributed by atoms with Crippen molar-refractivity contribution in [1.29, 1.82) is 0 Å². The van der Waals surface area contributed by atoms with Crippen LogP contribution in [-0.4, -0.2) is 12.2 Å². The zero-order chi connectivity index (χ0) is 6.15. The molecule has 0 aromatic rings. The molecule has 0 radical (unpaired) electrons. The fourth-order valence-electron chi connectivity index (χ4n) is 0.494. The number of hydrogen-bond acceptors (Lipinski definition) is 2. The van der Waals surface area contributed by atoms with Gasteiger partial charge in [-0.05, 0) is 6.92 Å². The lowest BCUT2D eigenvalue weighted by atomic mass is 10.3. The van der Waals surface area contributed by atoms with Gasteiger partial charge in [-0.1, -0.05) is 6.58 Å². The van der Waals surface area contributed by atoms with Crippen LogP contribution in [0.5, 0.6) is 0 Å². The summed E-state index contributed by atoms with van der Waals surface area (Å²) in [7, 11) is 0. The first kappa shape index (κ1) is 5.15. The summed E-state index contributed by atoms with van der Waals surface area (Å²) in [5.41, 5.74) is 0.634. The molecule has 1 saturated heterocycles. The van der Waals surface area contributed by atoms with Gasteiger partial charge in [0.1, 0.15) is 6.10 Å². The quantitative estimate of drug-likeness (QED) is 0.500. The first-order valence-corrected chi connectivity index (χ1v) is 2.36. The Morgan fingerprint density at radius 3 is 2.62 bits per heavy atom. The van der Waals surface area contributed by atoms with Gasteiger partial charge in [0.2, 0.25) is 0 Å². The van der Waals surface area contributed by atoms with Crippen LogP contribution in [0, 0.1) is 0 Å². The van der Waals surface area contributed by atoms with Gasteiger partial charge in [-0.15, -0.1) is 0 Å². The van der Waals surface area contributed by atoms with Crippen molar-refractivity contribution in [2.24, 2.45) is 0 Å². The van der Waals surface area contributed by atoms with Gasteiger partial charge in [0.05, 0.1) is 5.70 Å². The number of alkyl carbamates (subject to hydrolysis) is 1. The second-order valence-corrected chi connectivity index (χ2v) is 1.70. The molecule has 1 atom stereocenters. The van der Waals surface area contributed by atoms with E-state index in [0.717, 1.165) is 0 Å². The number of nitrogens with one attached hydrogen (secondary N) is 1. The molecule has 1 aliphatic heterocycles. The minimum atomic E-state index is -0.400. The van der Waals surface area contributed by atoms with Gasteiger partial charge in [0.15, 0.2) is 0 Å². The fourth-order valence-corrected chi connectivity index (χ4v) is 0.494. The summed E-state index contributed by atoms with van der Waals surface area (Å²) in [5.74, 6) is 0. The predicted molar refractivity (Wildman–Crippen MR) is 28.2 cm³/mol. The number of ether oxygens (including phenoxy) is 1. The molecule has 1 fully saturated rings. The van der Waals surface area contributed by atoms with Crippen molar-refractivity contribution in [1.82, 2.24) is 5.32 Å². The molecule has 1 rings (SSSR count). The summed E-state index contributed by atoms with van der Waals surface area (Å²) in [5, 5.41) is 2.41. The fraction of sp³-hybridized carbons (Fsp3) is 0.400. The van der Waals surface area contributed by atoms with Crippen LogP contribution in [-0.2, 0) is 4.74 Å². The smallest absolute Gasteiger partial charge is 0.412 e. The number of carbonyl (C=O) groups is 1. The van der Waals surface area contributed by atoms with Crippen molar-refractivity contribution >= 4 is 6.09 Å². The van der Waals surface area contributed by atoms with Crippen LogP contribution in [0.2, 0.25) is 0 Å². The van der Waals surface area contributed by atoms with Gasteiger partial charge in [0.25, 0.3) is 0 Å². The Labute approximate surface area is 47.3 Å². The third-order valence-corrected chi connectivity index (χ3v) is 1.04. The maximum absolute atomic E-state index is 10.3. The Morgan fingerprint density at radius 2 is 2.50 bits per heavy atom. The average Bonchev–Trinajstić information content (AvgIpc) is 1.85. The summed E-state index contributed by atoms with van der Waals surface area (Å²) in [6.45, 7) is 5.29. The summed E-state index contributed by atoms with van der Waals surface area (Å²) in [4.78, 5) is 10.3. The van der Waals surface area contributed by atoms with Crippen LogP contribution in [0.25, 0.3) is 0 Å². The van der Waals surface area contributed by atoms with Crippen molar-refractivity contribution < 1.29 is 9.53 Å². The molecule has 3 nitrogen and oxygen atoms in total. The van der Waals surface area contributed by atoms with E-state index in [1.165, 1.54) is 0 Å². The normalized spacial score (nSPS) is 27.4. The minimum Gasteiger partial charge on any atom is -0.440 e. The lowest BCUT2D eigenvalue weighted by Crippen LogP contribution is -2.10. The highest BCUT2D eigenvalue weighted by atomic mass is 16.6. The number of amides is 1. The van der Waals surface area contributed by atoms with Gasteiger partial charge < -0.3 is 4.74 Å². The van der Waals surface area contributed by atoms with Crippen LogP contribution in [0.1, 0.15) is 6.92 Å². The first-order valence-electron chi connectivity index (χ1n) is 2.36. The second-order valence-electron chi connectivity index (χ2n) is 1.70. The van der Waals surface area contributed by atoms with E-state index in [9.17, 15) is 4.79 Å². The van der Waals surface area contributed by atoms with E-state index in [1.54, 1.807) is 6.92 Å². The van der Waals surface area contributed by atoms with Crippen LogP contribution in [0.3, 0.4) is 0 Å². The van der Waals surface area contributed by atoms with Gasteiger partial charge >= 0.3 is 6.09 Å². The Kier molecular flexibility index (Phi) is 0.970. The largest absolute Gasteiger partial charge is 0.440 e. The van der Waals surface area contributed by atoms with E-state index in [4.69, 9.17) is 0 Å². The van der Waals surface area contributed by atoms with Crippen molar-refractivity contribution in [2.45, 2.75) is 13.0 Å². The molecule has 0 aromatic heterocycles. The number of hydrogen-bond donors (Lipinski definition) is 1. The third-order valence-electron chi connectivity index (χ3n) is 1.04. The van der Waals surface area contributed by atoms with Crippen molar-refractivity contribution in [3.63, 3.8) is 0 Å². The second kappa shape index (κ2) is 1.51. The maximum Gasteiger partial charge on any atom is 0.412 e. The van der Waals surface area contributed by atoms with E-state index >= 15 is 0 Å². The topological polar surface area (TPSA) is 38.3 Å². The molecule has 1 heterocycles. The van der Waals surface area contributed by atoms with Crippen LogP contribution in [0.15, 0.2) is 12.3 Å². The Bertz CT molecular complexity index is 141. The maximum atomic E-state index is 10.3. The lowest BCUT2D eigenvalue weighted by molar-refractivity contribution is 0.152. The van der Waals surface area contributed by atoms with Crippen molar-refractivity contribution in [2.75, 3.05) is 0 Å². The Balaban J connectivity index is 2.64. The van der Waals surface area contributed by atoms with Gasteiger partial charge in [0, 0.05) is 0 Å². The lowest BCUT2D eigenvalue weighted by Gasteiger charge is -1.95. The molecule has 0 aromatic carbocycles. The molecular weight excluding hydrogens is 106 g/mol. The molecule has 1 N–H and O–H groups in total. The number of rotatable bonds is 0. The molecule has 44 valence electrons. The van der Waals surface area contributed by atoms with Crippen LogP contribution >= 0.6 is 0 Å². The first-order chi connectivity index (χ1) is 3.70. The highest BCUT2D eigenvalue weighted by Crippen LogP contribution is 2.07. The van der Waals surface area contributed by atoms with Gasteiger partial charge in [-0.3, -0.25) is 5.32 Å². The third kappa shape index (κ3) is 0.665. The molecule has 3 heteroatoms. The van der Waals surface area contributed by atoms with Crippen molar-refractivity contribution in [3.8, 4) is 0 Å². The Hall–Kier alpha value is -0.990. The van der Waals surface area contributed by atoms with Crippen LogP contribution in [0.4, 0.5) is 4.79 Å². The van der Waals surface area contributed by atoms with E-state index in [0.29, 0.717) is 5.70 Å². The van der Waals surface area contributed by atoms with E-state index < -0.39 is 6.09 Å². The average molecular weight is 113 g/mol. The van der Waals surface area contributed by atoms with Crippen LogP contribution < -0.4 is 5.32 Å². The molecule has 1 amide bonds. The summed E-state index contributed by atoms with van der Waals surface area (Å²) in [6, 6.07) is 0. The number of cyclic esters (lactones) is 1. The molecule has 0 spiro atoms. The van der Waals surface area contributed by atoms with E-state index in [-0.39, 0.29) is 6.10 Å². The summed E-state index contributed by atoms with van der Waals surface area (Å²) >= 11 is 0. The zero-order valence-electron chi connectivity index (χ0n) is 4.60. The van der Waals surface area contributed by atoms with E-state index in [2.05, 4.69) is 16.6 Å². The highest BCUT2D eigenvalue weighted by molar-refractivity contribution is 5.72. The predicted octanol–water partition coefficient (Wildman–Crippen LogP) is 0.628. The summed E-state index contributed by atoms with van der Waals surface area (Å²) < 4.78 is 4.62. The molecular formula is C5H7NO2. The molecule has 1 aliphatic rings. The summed E-state index contributed by atoms with van der Waals surface area (Å²) in [6.07, 6.45) is -0.565. The zero-order valence-corrected chi connectivity index (χ0v) is 4.60. The number of carbonyl (C=O) groups excluding carboxylic acids is 1. The van der Waals surface area contributed by atoms with Gasteiger partial charge in [-0.25, -0.2) is 4.79 Å². The highest BCUT2D eigenvalue weighted by Gasteiger charge is 2.21. The minimum absolute atomic E-state index is 0.164. The molecule has 0 aliphatic carbocycles. The Morgan fingerprint density at radius 1 is 1.88 bits per heavy atom. The monoisotopic (exact) mass is 113 g/mol. The van der Waals surface area contributed by atoms with Gasteiger partial charge in [-0.2, -0.15) is 0 Å². The SMILES string of the molecule is C=C1NC(=O)OC1C. The molecule has 8 heavy (non-hydrogen) atoms. The standard InChI is InChI=1S/C5H7NO2/c1-3-4(2)8-5(7)6-3/h4H,1H2,2H3,(H,6,7). The molecule has 0 saturated carbocycles. The molecule has 1 unspecified atom stereocenters.